The van der Waals surface area contributed by atoms with E-state index in [1.807, 2.05) is 0 Å². The number of halogens is 2. The fourth-order valence-electron chi connectivity index (χ4n) is 1.92. The molecule has 1 aliphatic rings. The molecule has 0 atom stereocenters. The van der Waals surface area contributed by atoms with Crippen LogP contribution >= 0.6 is 38.9 Å². The largest absolute Gasteiger partial charge is 0.481 e. The predicted octanol–water partition coefficient (Wildman–Crippen LogP) is 2.65. The maximum Gasteiger partial charge on any atom is 0.306 e. The Labute approximate surface area is 128 Å². The Morgan fingerprint density at radius 2 is 2.05 bits per heavy atom. The van der Waals surface area contributed by atoms with Crippen LogP contribution in [0.1, 0.15) is 12.8 Å². The summed E-state index contributed by atoms with van der Waals surface area (Å²) in [5.41, 5.74) is 0. The maximum atomic E-state index is 12.3. The number of hydrogen-bond donors (Lipinski definition) is 1. The van der Waals surface area contributed by atoms with E-state index < -0.39 is 21.9 Å². The molecule has 9 heteroatoms. The van der Waals surface area contributed by atoms with Gasteiger partial charge in [0.25, 0.3) is 10.0 Å². The number of thiophene rings is 1. The third-order valence-corrected chi connectivity index (χ3v) is 7.84. The van der Waals surface area contributed by atoms with Crippen molar-refractivity contribution in [3.63, 3.8) is 0 Å². The number of carboxylic acid groups (broad SMARTS) is 1. The summed E-state index contributed by atoms with van der Waals surface area (Å²) >= 11 is 10.1. The second kappa shape index (κ2) is 5.69. The number of sulfonamides is 1. The van der Waals surface area contributed by atoms with Gasteiger partial charge in [0.15, 0.2) is 0 Å². The van der Waals surface area contributed by atoms with Crippen LogP contribution < -0.4 is 0 Å². The SMILES string of the molecule is O=C(O)C1CCN(S(=O)(=O)c2cc(Cl)c(Br)s2)CC1. The first-order valence-electron chi connectivity index (χ1n) is 5.50. The van der Waals surface area contributed by atoms with Crippen molar-refractivity contribution in [3.05, 3.63) is 14.9 Å². The van der Waals surface area contributed by atoms with Gasteiger partial charge in [-0.25, -0.2) is 8.42 Å². The van der Waals surface area contributed by atoms with Crippen molar-refractivity contribution in [2.45, 2.75) is 17.1 Å². The third kappa shape index (κ3) is 3.13. The molecule has 0 unspecified atom stereocenters. The summed E-state index contributed by atoms with van der Waals surface area (Å²) in [6, 6.07) is 1.41. The van der Waals surface area contributed by atoms with Crippen LogP contribution in [0.5, 0.6) is 0 Å². The topological polar surface area (TPSA) is 74.7 Å². The van der Waals surface area contributed by atoms with E-state index in [4.69, 9.17) is 16.7 Å². The van der Waals surface area contributed by atoms with Crippen LogP contribution in [0.4, 0.5) is 0 Å². The Bertz CT molecular complexity index is 573. The Hall–Kier alpha value is -0.150. The second-order valence-electron chi connectivity index (χ2n) is 4.20. The molecule has 2 heterocycles. The minimum Gasteiger partial charge on any atom is -0.481 e. The summed E-state index contributed by atoms with van der Waals surface area (Å²) in [6.45, 7) is 0.457. The Morgan fingerprint density at radius 1 is 1.47 bits per heavy atom. The smallest absolute Gasteiger partial charge is 0.306 e. The van der Waals surface area contributed by atoms with Gasteiger partial charge in [-0.05, 0) is 34.8 Å². The number of carboxylic acids is 1. The number of piperidine rings is 1. The molecule has 0 saturated carbocycles. The average molecular weight is 389 g/mol. The predicted molar refractivity (Wildman–Crippen MR) is 76.1 cm³/mol. The second-order valence-corrected chi connectivity index (χ2v) is 9.15. The molecule has 1 N–H and O–H groups in total. The molecule has 1 aromatic rings. The van der Waals surface area contributed by atoms with Gasteiger partial charge in [-0.1, -0.05) is 11.6 Å². The molecule has 0 aliphatic carbocycles. The zero-order valence-electron chi connectivity index (χ0n) is 9.67. The van der Waals surface area contributed by atoms with Gasteiger partial charge in [0.2, 0.25) is 0 Å². The van der Waals surface area contributed by atoms with E-state index in [9.17, 15) is 13.2 Å². The first kappa shape index (κ1) is 15.2. The van der Waals surface area contributed by atoms with Gasteiger partial charge < -0.3 is 5.11 Å². The van der Waals surface area contributed by atoms with Crippen molar-refractivity contribution in [3.8, 4) is 0 Å². The van der Waals surface area contributed by atoms with E-state index in [0.717, 1.165) is 11.3 Å². The average Bonchev–Trinajstić information content (AvgIpc) is 2.70. The number of hydrogen-bond acceptors (Lipinski definition) is 4. The zero-order valence-corrected chi connectivity index (χ0v) is 13.6. The van der Waals surface area contributed by atoms with Gasteiger partial charge in [-0.3, -0.25) is 4.79 Å². The molecule has 106 valence electrons. The van der Waals surface area contributed by atoms with E-state index in [1.54, 1.807) is 0 Å². The lowest BCUT2D eigenvalue weighted by Gasteiger charge is -2.28. The van der Waals surface area contributed by atoms with E-state index in [0.29, 0.717) is 21.7 Å². The summed E-state index contributed by atoms with van der Waals surface area (Å²) < 4.78 is 26.8. The molecule has 0 amide bonds. The third-order valence-electron chi connectivity index (χ3n) is 3.02. The molecule has 1 aromatic heterocycles. The van der Waals surface area contributed by atoms with Crippen LogP contribution in [0.2, 0.25) is 5.02 Å². The van der Waals surface area contributed by atoms with Gasteiger partial charge >= 0.3 is 5.97 Å². The Morgan fingerprint density at radius 3 is 2.47 bits per heavy atom. The van der Waals surface area contributed by atoms with Gasteiger partial charge in [0.05, 0.1) is 14.7 Å². The van der Waals surface area contributed by atoms with Crippen molar-refractivity contribution in [2.24, 2.45) is 5.92 Å². The van der Waals surface area contributed by atoms with Gasteiger partial charge in [0, 0.05) is 13.1 Å². The van der Waals surface area contributed by atoms with Crippen molar-refractivity contribution in [1.29, 1.82) is 0 Å². The first-order chi connectivity index (χ1) is 8.82. The fraction of sp³-hybridized carbons (Fsp3) is 0.500. The van der Waals surface area contributed by atoms with E-state index >= 15 is 0 Å². The number of aliphatic carboxylic acids is 1. The minimum absolute atomic E-state index is 0.179. The van der Waals surface area contributed by atoms with Crippen LogP contribution in [0.25, 0.3) is 0 Å². The lowest BCUT2D eigenvalue weighted by Crippen LogP contribution is -2.39. The molecular weight excluding hydrogens is 378 g/mol. The van der Waals surface area contributed by atoms with Crippen molar-refractivity contribution in [1.82, 2.24) is 4.31 Å². The van der Waals surface area contributed by atoms with Crippen molar-refractivity contribution < 1.29 is 18.3 Å². The Kier molecular flexibility index (Phi) is 4.56. The quantitative estimate of drug-likeness (QED) is 0.864. The first-order valence-corrected chi connectivity index (χ1v) is 8.93. The molecule has 19 heavy (non-hydrogen) atoms. The van der Waals surface area contributed by atoms with Crippen LogP contribution in [0.3, 0.4) is 0 Å². The summed E-state index contributed by atoms with van der Waals surface area (Å²) in [6.07, 6.45) is 0.684. The van der Waals surface area contributed by atoms with Crippen LogP contribution in [-0.4, -0.2) is 36.9 Å². The summed E-state index contributed by atoms with van der Waals surface area (Å²) in [5, 5.41) is 9.26. The molecule has 0 aromatic carbocycles. The molecule has 0 bridgehead atoms. The molecule has 2 rings (SSSR count). The highest BCUT2D eigenvalue weighted by atomic mass is 79.9. The Balaban J connectivity index is 2.16. The molecule has 1 saturated heterocycles. The molecule has 1 fully saturated rings. The van der Waals surface area contributed by atoms with Crippen molar-refractivity contribution in [2.75, 3.05) is 13.1 Å². The van der Waals surface area contributed by atoms with Gasteiger partial charge in [0.1, 0.15) is 4.21 Å². The number of nitrogens with zero attached hydrogens (tertiary/aromatic N) is 1. The molecule has 0 radical (unpaired) electrons. The summed E-state index contributed by atoms with van der Waals surface area (Å²) in [5.74, 6) is -1.32. The maximum absolute atomic E-state index is 12.3. The zero-order chi connectivity index (χ0) is 14.2. The highest BCUT2D eigenvalue weighted by Crippen LogP contribution is 2.36. The number of carbonyl (C=O) groups is 1. The minimum atomic E-state index is -3.57. The highest BCUT2D eigenvalue weighted by molar-refractivity contribution is 9.11. The molecule has 1 aliphatic heterocycles. The van der Waals surface area contributed by atoms with Crippen molar-refractivity contribution >= 4 is 54.9 Å². The summed E-state index contributed by atoms with van der Waals surface area (Å²) in [7, 11) is -3.57. The molecule has 0 spiro atoms. The van der Waals surface area contributed by atoms with Crippen LogP contribution in [0, 0.1) is 5.92 Å². The van der Waals surface area contributed by atoms with Crippen LogP contribution in [0.15, 0.2) is 14.1 Å². The number of rotatable bonds is 3. The van der Waals surface area contributed by atoms with E-state index in [2.05, 4.69) is 15.9 Å². The molecule has 5 nitrogen and oxygen atoms in total. The van der Waals surface area contributed by atoms with Crippen LogP contribution in [-0.2, 0) is 14.8 Å². The van der Waals surface area contributed by atoms with Gasteiger partial charge in [-0.2, -0.15) is 4.31 Å². The van der Waals surface area contributed by atoms with E-state index in [1.165, 1.54) is 10.4 Å². The summed E-state index contributed by atoms with van der Waals surface area (Å²) in [4.78, 5) is 10.8. The fourth-order valence-corrected chi connectivity index (χ4v) is 5.95. The standard InChI is InChI=1S/C10H11BrClNO4S2/c11-9-7(12)5-8(18-9)19(16,17)13-3-1-6(2-4-13)10(14)15/h5-6H,1-4H2,(H,14,15). The normalized spacial score (nSPS) is 18.6. The molecular formula is C10H11BrClNO4S2. The van der Waals surface area contributed by atoms with Gasteiger partial charge in [-0.15, -0.1) is 11.3 Å². The monoisotopic (exact) mass is 387 g/mol. The lowest BCUT2D eigenvalue weighted by molar-refractivity contribution is -0.142. The van der Waals surface area contributed by atoms with E-state index in [-0.39, 0.29) is 17.3 Å². The lowest BCUT2D eigenvalue weighted by atomic mass is 9.99. The highest BCUT2D eigenvalue weighted by Gasteiger charge is 2.33.